The van der Waals surface area contributed by atoms with Crippen molar-refractivity contribution in [2.24, 2.45) is 0 Å². The van der Waals surface area contributed by atoms with Crippen LogP contribution in [0.5, 0.6) is 0 Å². The summed E-state index contributed by atoms with van der Waals surface area (Å²) in [5.74, 6) is 1.70. The van der Waals surface area contributed by atoms with Crippen LogP contribution in [0.4, 0.5) is 0 Å². The topological polar surface area (TPSA) is 60.9 Å². The van der Waals surface area contributed by atoms with Gasteiger partial charge in [0.2, 0.25) is 0 Å². The fraction of sp³-hybridized carbons (Fsp3) is 0.200. The van der Waals surface area contributed by atoms with Gasteiger partial charge >= 0.3 is 0 Å². The highest BCUT2D eigenvalue weighted by molar-refractivity contribution is 5.69. The number of imidazole rings is 1. The number of hydrogen-bond acceptors (Lipinski definition) is 4. The van der Waals surface area contributed by atoms with Crippen LogP contribution in [0.25, 0.3) is 29.2 Å². The smallest absolute Gasteiger partial charge is 0.177 e. The van der Waals surface area contributed by atoms with Crippen LogP contribution in [0, 0.1) is 13.8 Å². The molecule has 0 atom stereocenters. The summed E-state index contributed by atoms with van der Waals surface area (Å²) in [7, 11) is 0. The lowest BCUT2D eigenvalue weighted by Crippen LogP contribution is -2.09. The molecule has 1 aromatic carbocycles. The van der Waals surface area contributed by atoms with Crippen LogP contribution < -0.4 is 0 Å². The van der Waals surface area contributed by atoms with E-state index in [1.54, 1.807) is 0 Å². The Labute approximate surface area is 150 Å². The van der Waals surface area contributed by atoms with Crippen molar-refractivity contribution < 1.29 is 0 Å². The minimum absolute atomic E-state index is 0.663. The summed E-state index contributed by atoms with van der Waals surface area (Å²) in [5, 5.41) is 4.55. The molecule has 0 unspecified atom stereocenters. The summed E-state index contributed by atoms with van der Waals surface area (Å²) >= 11 is 0. The highest BCUT2D eigenvalue weighted by Gasteiger charge is 2.17. The average molecular weight is 342 g/mol. The second kappa shape index (κ2) is 5.62. The standard InChI is InChI=1S/C20H18N6/c1-13-11-21-14(2)19-23-18(24-26(13)19)8-7-16-12-25-10-9-15-5-3-4-6-17(15)20(25)22-16/h3-8,11-12H,9-10H2,1-2H3/b8-7+. The summed E-state index contributed by atoms with van der Waals surface area (Å²) in [4.78, 5) is 13.7. The number of hydrogen-bond donors (Lipinski definition) is 0. The lowest BCUT2D eigenvalue weighted by atomic mass is 10.0. The molecular weight excluding hydrogens is 324 g/mol. The summed E-state index contributed by atoms with van der Waals surface area (Å²) in [6.45, 7) is 4.88. The molecule has 6 heteroatoms. The van der Waals surface area contributed by atoms with E-state index in [0.717, 1.165) is 41.5 Å². The molecular formula is C20H18N6. The third kappa shape index (κ3) is 2.34. The molecule has 1 aliphatic rings. The van der Waals surface area contributed by atoms with E-state index in [0.29, 0.717) is 5.82 Å². The van der Waals surface area contributed by atoms with Gasteiger partial charge in [-0.05, 0) is 38.0 Å². The van der Waals surface area contributed by atoms with Gasteiger partial charge in [0.25, 0.3) is 0 Å². The van der Waals surface area contributed by atoms with E-state index in [-0.39, 0.29) is 0 Å². The molecule has 0 saturated carbocycles. The van der Waals surface area contributed by atoms with Gasteiger partial charge in [-0.1, -0.05) is 24.3 Å². The first-order chi connectivity index (χ1) is 12.7. The van der Waals surface area contributed by atoms with Gasteiger partial charge in [-0.2, -0.15) is 0 Å². The summed E-state index contributed by atoms with van der Waals surface area (Å²) in [6, 6.07) is 8.48. The molecule has 128 valence electrons. The second-order valence-electron chi connectivity index (χ2n) is 6.61. The van der Waals surface area contributed by atoms with Crippen LogP contribution in [-0.2, 0) is 13.0 Å². The van der Waals surface area contributed by atoms with Crippen molar-refractivity contribution in [1.82, 2.24) is 29.1 Å². The fourth-order valence-corrected chi connectivity index (χ4v) is 3.44. The van der Waals surface area contributed by atoms with Crippen molar-refractivity contribution in [3.05, 3.63) is 65.1 Å². The Morgan fingerprint density at radius 1 is 1.08 bits per heavy atom. The maximum Gasteiger partial charge on any atom is 0.177 e. The van der Waals surface area contributed by atoms with Crippen LogP contribution in [0.1, 0.15) is 28.5 Å². The Morgan fingerprint density at radius 2 is 1.96 bits per heavy atom. The Balaban J connectivity index is 1.51. The van der Waals surface area contributed by atoms with Crippen molar-refractivity contribution in [3.63, 3.8) is 0 Å². The Kier molecular flexibility index (Phi) is 3.25. The number of fused-ring (bicyclic) bond motifs is 4. The molecule has 26 heavy (non-hydrogen) atoms. The van der Waals surface area contributed by atoms with E-state index in [1.807, 2.05) is 36.7 Å². The number of rotatable bonds is 2. The molecule has 6 nitrogen and oxygen atoms in total. The fourth-order valence-electron chi connectivity index (χ4n) is 3.44. The van der Waals surface area contributed by atoms with Gasteiger partial charge in [-0.15, -0.1) is 5.10 Å². The summed E-state index contributed by atoms with van der Waals surface area (Å²) in [5.41, 5.74) is 6.14. The van der Waals surface area contributed by atoms with E-state index < -0.39 is 0 Å². The predicted octanol–water partition coefficient (Wildman–Crippen LogP) is 3.33. The maximum absolute atomic E-state index is 4.80. The van der Waals surface area contributed by atoms with Crippen LogP contribution in [-0.4, -0.2) is 29.1 Å². The van der Waals surface area contributed by atoms with Gasteiger partial charge in [-0.25, -0.2) is 14.5 Å². The van der Waals surface area contributed by atoms with Crippen LogP contribution in [0.2, 0.25) is 0 Å². The summed E-state index contributed by atoms with van der Waals surface area (Å²) in [6.07, 6.45) is 8.83. The number of aromatic nitrogens is 6. The third-order valence-corrected chi connectivity index (χ3v) is 4.80. The van der Waals surface area contributed by atoms with Crippen LogP contribution in [0.3, 0.4) is 0 Å². The Bertz CT molecular complexity index is 1130. The van der Waals surface area contributed by atoms with Gasteiger partial charge in [0.05, 0.1) is 17.1 Å². The molecule has 5 rings (SSSR count). The molecule has 0 amide bonds. The highest BCUT2D eigenvalue weighted by Crippen LogP contribution is 2.28. The first-order valence-corrected chi connectivity index (χ1v) is 8.71. The minimum Gasteiger partial charge on any atom is -0.330 e. The molecule has 0 saturated heterocycles. The van der Waals surface area contributed by atoms with Gasteiger partial charge < -0.3 is 4.57 Å². The molecule has 0 radical (unpaired) electrons. The second-order valence-corrected chi connectivity index (χ2v) is 6.61. The van der Waals surface area contributed by atoms with Gasteiger partial charge in [0, 0.05) is 24.5 Å². The zero-order valence-corrected chi connectivity index (χ0v) is 14.7. The van der Waals surface area contributed by atoms with E-state index in [2.05, 4.69) is 50.1 Å². The van der Waals surface area contributed by atoms with Crippen LogP contribution in [0.15, 0.2) is 36.7 Å². The van der Waals surface area contributed by atoms with E-state index in [9.17, 15) is 0 Å². The number of aryl methyl sites for hydroxylation is 4. The zero-order chi connectivity index (χ0) is 17.7. The lowest BCUT2D eigenvalue weighted by Gasteiger charge is -2.17. The molecule has 0 spiro atoms. The van der Waals surface area contributed by atoms with Crippen molar-refractivity contribution in [2.45, 2.75) is 26.8 Å². The number of benzene rings is 1. The molecule has 0 aliphatic carbocycles. The Morgan fingerprint density at radius 3 is 2.85 bits per heavy atom. The van der Waals surface area contributed by atoms with Crippen molar-refractivity contribution in [3.8, 4) is 11.4 Å². The van der Waals surface area contributed by atoms with E-state index in [1.165, 1.54) is 11.1 Å². The van der Waals surface area contributed by atoms with Crippen molar-refractivity contribution >= 4 is 17.8 Å². The largest absolute Gasteiger partial charge is 0.330 e. The monoisotopic (exact) mass is 342 g/mol. The maximum atomic E-state index is 4.80. The van der Waals surface area contributed by atoms with Crippen molar-refractivity contribution in [1.29, 1.82) is 0 Å². The average Bonchev–Trinajstić information content (AvgIpc) is 3.28. The highest BCUT2D eigenvalue weighted by atomic mass is 15.3. The minimum atomic E-state index is 0.663. The van der Waals surface area contributed by atoms with Gasteiger partial charge in [0.1, 0.15) is 5.82 Å². The zero-order valence-electron chi connectivity index (χ0n) is 14.7. The molecule has 1 aliphatic heterocycles. The quantitative estimate of drug-likeness (QED) is 0.561. The molecule has 4 aromatic rings. The van der Waals surface area contributed by atoms with E-state index in [4.69, 9.17) is 4.98 Å². The first kappa shape index (κ1) is 15.0. The first-order valence-electron chi connectivity index (χ1n) is 8.71. The van der Waals surface area contributed by atoms with Crippen LogP contribution >= 0.6 is 0 Å². The Hall–Kier alpha value is -3.28. The predicted molar refractivity (Wildman–Crippen MR) is 101 cm³/mol. The van der Waals surface area contributed by atoms with Crippen molar-refractivity contribution in [2.75, 3.05) is 0 Å². The molecule has 0 fully saturated rings. The molecule has 3 aromatic heterocycles. The molecule has 0 bridgehead atoms. The van der Waals surface area contributed by atoms with Gasteiger partial charge in [0.15, 0.2) is 11.5 Å². The number of nitrogens with zero attached hydrogens (tertiary/aromatic N) is 6. The van der Waals surface area contributed by atoms with E-state index >= 15 is 0 Å². The van der Waals surface area contributed by atoms with Gasteiger partial charge in [-0.3, -0.25) is 4.98 Å². The molecule has 0 N–H and O–H groups in total. The molecule has 4 heterocycles. The normalized spacial score (nSPS) is 13.3. The summed E-state index contributed by atoms with van der Waals surface area (Å²) < 4.78 is 4.05. The third-order valence-electron chi connectivity index (χ3n) is 4.80. The SMILES string of the molecule is Cc1ncc(C)n2nc(/C=C/c3cn4c(n3)-c3ccccc3CC4)nc12. The lowest BCUT2D eigenvalue weighted by molar-refractivity contribution is 0.683.